The van der Waals surface area contributed by atoms with E-state index in [0.717, 1.165) is 25.2 Å². The first-order chi connectivity index (χ1) is 9.95. The molecule has 2 aliphatic heterocycles. The first kappa shape index (κ1) is 14.8. The molecule has 0 spiro atoms. The molecule has 0 bridgehead atoms. The molecule has 0 saturated carbocycles. The third-order valence-electron chi connectivity index (χ3n) is 4.49. The maximum absolute atomic E-state index is 12.6. The van der Waals surface area contributed by atoms with Gasteiger partial charge in [0.25, 0.3) is 0 Å². The molecule has 1 saturated heterocycles. The lowest BCUT2D eigenvalue weighted by Crippen LogP contribution is -2.46. The molecule has 3 unspecified atom stereocenters. The van der Waals surface area contributed by atoms with Crippen LogP contribution >= 0.6 is 0 Å². The van der Waals surface area contributed by atoms with Crippen LogP contribution < -0.4 is 0 Å². The first-order valence-corrected chi connectivity index (χ1v) is 7.30. The zero-order valence-corrected chi connectivity index (χ0v) is 11.6. The second-order valence-corrected chi connectivity index (χ2v) is 5.96. The highest BCUT2D eigenvalue weighted by Crippen LogP contribution is 2.32. The summed E-state index contributed by atoms with van der Waals surface area (Å²) in [6, 6.07) is 0.185. The Morgan fingerprint density at radius 2 is 2.19 bits per heavy atom. The van der Waals surface area contributed by atoms with E-state index in [9.17, 15) is 18.3 Å². The number of fused-ring (bicyclic) bond motifs is 1. The van der Waals surface area contributed by atoms with Gasteiger partial charge in [-0.3, -0.25) is 0 Å². The number of aliphatic hydroxyl groups excluding tert-OH is 1. The normalized spacial score (nSPS) is 28.6. The molecule has 8 heteroatoms. The van der Waals surface area contributed by atoms with Crippen molar-refractivity contribution in [2.24, 2.45) is 5.92 Å². The van der Waals surface area contributed by atoms with E-state index in [2.05, 4.69) is 10.1 Å². The molecule has 1 aromatic rings. The predicted molar refractivity (Wildman–Crippen MR) is 68.6 cm³/mol. The van der Waals surface area contributed by atoms with E-state index in [0.29, 0.717) is 25.9 Å². The van der Waals surface area contributed by atoms with Crippen molar-refractivity contribution in [1.29, 1.82) is 0 Å². The highest BCUT2D eigenvalue weighted by atomic mass is 19.4. The second-order valence-electron chi connectivity index (χ2n) is 5.96. The minimum absolute atomic E-state index is 0.185. The Hall–Kier alpha value is -1.15. The molecule has 0 aromatic carbocycles. The summed E-state index contributed by atoms with van der Waals surface area (Å²) in [5, 5.41) is 13.6. The van der Waals surface area contributed by atoms with Crippen molar-refractivity contribution in [3.05, 3.63) is 12.2 Å². The van der Waals surface area contributed by atoms with E-state index >= 15 is 0 Å². The molecular weight excluding hydrogens is 285 g/mol. The van der Waals surface area contributed by atoms with Gasteiger partial charge in [-0.05, 0) is 25.8 Å². The Bertz CT molecular complexity index is 490. The lowest BCUT2D eigenvalue weighted by molar-refractivity contribution is -0.223. The van der Waals surface area contributed by atoms with Gasteiger partial charge in [0.05, 0.1) is 6.04 Å². The molecular formula is C13H19F3N4O. The Morgan fingerprint density at radius 3 is 2.95 bits per heavy atom. The summed E-state index contributed by atoms with van der Waals surface area (Å²) in [6.07, 6.45) is -2.31. The molecule has 1 aromatic heterocycles. The number of rotatable bonds is 3. The fourth-order valence-electron chi connectivity index (χ4n) is 3.42. The van der Waals surface area contributed by atoms with Crippen molar-refractivity contribution in [2.75, 3.05) is 19.6 Å². The monoisotopic (exact) mass is 304 g/mol. The van der Waals surface area contributed by atoms with Gasteiger partial charge in [-0.1, -0.05) is 0 Å². The van der Waals surface area contributed by atoms with Gasteiger partial charge in [0.1, 0.15) is 12.2 Å². The van der Waals surface area contributed by atoms with Crippen molar-refractivity contribution >= 4 is 0 Å². The number of halogens is 3. The van der Waals surface area contributed by atoms with Crippen molar-refractivity contribution < 1.29 is 18.3 Å². The van der Waals surface area contributed by atoms with Crippen LogP contribution in [0.5, 0.6) is 0 Å². The van der Waals surface area contributed by atoms with E-state index in [-0.39, 0.29) is 6.04 Å². The SMILES string of the molecule is OC(C1CCCN(CC2CCc3ncnn32)C1)C(F)(F)F. The highest BCUT2D eigenvalue weighted by molar-refractivity contribution is 4.96. The molecule has 0 aliphatic carbocycles. The molecule has 2 aliphatic rings. The molecule has 0 radical (unpaired) electrons. The summed E-state index contributed by atoms with van der Waals surface area (Å²) in [4.78, 5) is 6.18. The Morgan fingerprint density at radius 1 is 1.38 bits per heavy atom. The van der Waals surface area contributed by atoms with Crippen molar-refractivity contribution in [3.63, 3.8) is 0 Å². The molecule has 1 N–H and O–H groups in total. The van der Waals surface area contributed by atoms with Crippen LogP contribution in [0.2, 0.25) is 0 Å². The molecule has 3 rings (SSSR count). The number of aromatic nitrogens is 3. The number of nitrogens with zero attached hydrogens (tertiary/aromatic N) is 4. The maximum Gasteiger partial charge on any atom is 0.414 e. The minimum atomic E-state index is -4.53. The number of aryl methyl sites for hydroxylation is 1. The van der Waals surface area contributed by atoms with Gasteiger partial charge in [-0.15, -0.1) is 0 Å². The van der Waals surface area contributed by atoms with Gasteiger partial charge < -0.3 is 10.0 Å². The number of alkyl halides is 3. The molecule has 3 atom stereocenters. The Balaban J connectivity index is 1.60. The lowest BCUT2D eigenvalue weighted by atomic mass is 9.92. The third-order valence-corrected chi connectivity index (χ3v) is 4.49. The molecule has 21 heavy (non-hydrogen) atoms. The van der Waals surface area contributed by atoms with Crippen molar-refractivity contribution in [2.45, 2.75) is 44.0 Å². The van der Waals surface area contributed by atoms with Crippen LogP contribution in [0.3, 0.4) is 0 Å². The predicted octanol–water partition coefficient (Wildman–Crippen LogP) is 1.40. The summed E-state index contributed by atoms with van der Waals surface area (Å²) < 4.78 is 39.8. The van der Waals surface area contributed by atoms with Crippen molar-refractivity contribution in [1.82, 2.24) is 19.7 Å². The van der Waals surface area contributed by atoms with Gasteiger partial charge >= 0.3 is 6.18 Å². The number of piperidine rings is 1. The van der Waals surface area contributed by atoms with Gasteiger partial charge in [-0.2, -0.15) is 18.3 Å². The zero-order chi connectivity index (χ0) is 15.0. The Kier molecular flexibility index (Phi) is 3.92. The van der Waals surface area contributed by atoms with Gasteiger partial charge in [-0.25, -0.2) is 9.67 Å². The topological polar surface area (TPSA) is 54.2 Å². The number of likely N-dealkylation sites (tertiary alicyclic amines) is 1. The standard InChI is InChI=1S/C13H19F3N4O/c14-13(15,16)12(21)9-2-1-5-19(6-9)7-10-3-4-11-17-8-18-20(10)11/h8-10,12,21H,1-7H2. The van der Waals surface area contributed by atoms with Crippen LogP contribution in [0.1, 0.15) is 31.1 Å². The summed E-state index contributed by atoms with van der Waals surface area (Å²) in [5.41, 5.74) is 0. The summed E-state index contributed by atoms with van der Waals surface area (Å²) in [7, 11) is 0. The van der Waals surface area contributed by atoms with Gasteiger partial charge in [0.15, 0.2) is 6.10 Å². The van der Waals surface area contributed by atoms with E-state index < -0.39 is 18.2 Å². The van der Waals surface area contributed by atoms with E-state index in [4.69, 9.17) is 0 Å². The molecule has 0 amide bonds. The molecule has 3 heterocycles. The van der Waals surface area contributed by atoms with Crippen LogP contribution in [0.4, 0.5) is 13.2 Å². The van der Waals surface area contributed by atoms with E-state index in [1.165, 1.54) is 6.33 Å². The van der Waals surface area contributed by atoms with Crippen LogP contribution in [0, 0.1) is 5.92 Å². The highest BCUT2D eigenvalue weighted by Gasteiger charge is 2.44. The van der Waals surface area contributed by atoms with Crippen LogP contribution in [-0.2, 0) is 6.42 Å². The van der Waals surface area contributed by atoms with Crippen molar-refractivity contribution in [3.8, 4) is 0 Å². The molecule has 118 valence electrons. The largest absolute Gasteiger partial charge is 0.414 e. The lowest BCUT2D eigenvalue weighted by Gasteiger charge is -2.36. The molecule has 1 fully saturated rings. The fraction of sp³-hybridized carbons (Fsp3) is 0.846. The van der Waals surface area contributed by atoms with Crippen LogP contribution in [0.15, 0.2) is 6.33 Å². The number of hydrogen-bond acceptors (Lipinski definition) is 4. The molecule has 5 nitrogen and oxygen atoms in total. The number of hydrogen-bond donors (Lipinski definition) is 1. The summed E-state index contributed by atoms with van der Waals surface area (Å²) >= 11 is 0. The third kappa shape index (κ3) is 3.06. The average Bonchev–Trinajstić information content (AvgIpc) is 3.02. The average molecular weight is 304 g/mol. The van der Waals surface area contributed by atoms with Gasteiger partial charge in [0.2, 0.25) is 0 Å². The van der Waals surface area contributed by atoms with E-state index in [1.54, 1.807) is 0 Å². The Labute approximate surface area is 120 Å². The van der Waals surface area contributed by atoms with E-state index in [1.807, 2.05) is 9.58 Å². The summed E-state index contributed by atoms with van der Waals surface area (Å²) in [6.45, 7) is 1.75. The first-order valence-electron chi connectivity index (χ1n) is 7.30. The zero-order valence-electron chi connectivity index (χ0n) is 11.6. The smallest absolute Gasteiger partial charge is 0.383 e. The minimum Gasteiger partial charge on any atom is -0.383 e. The maximum atomic E-state index is 12.6. The van der Waals surface area contributed by atoms with Crippen LogP contribution in [0.25, 0.3) is 0 Å². The van der Waals surface area contributed by atoms with Crippen LogP contribution in [-0.4, -0.2) is 56.7 Å². The summed E-state index contributed by atoms with van der Waals surface area (Å²) in [5.74, 6) is 0.222. The second kappa shape index (κ2) is 5.57. The van der Waals surface area contributed by atoms with Gasteiger partial charge in [0, 0.05) is 25.4 Å². The fourth-order valence-corrected chi connectivity index (χ4v) is 3.42. The number of aliphatic hydroxyl groups is 1. The quantitative estimate of drug-likeness (QED) is 0.917.